The molecule has 1 aromatic carbocycles. The van der Waals surface area contributed by atoms with E-state index in [4.69, 9.17) is 5.26 Å². The van der Waals surface area contributed by atoms with Gasteiger partial charge >= 0.3 is 0 Å². The van der Waals surface area contributed by atoms with E-state index in [2.05, 4.69) is 16.3 Å². The maximum atomic E-state index is 12.1. The molecule has 1 heterocycles. The number of anilines is 1. The van der Waals surface area contributed by atoms with Crippen LogP contribution in [-0.4, -0.2) is 29.9 Å². The highest BCUT2D eigenvalue weighted by atomic mass is 16.1. The molecule has 4 nitrogen and oxygen atoms in total. The Morgan fingerprint density at radius 1 is 1.29 bits per heavy atom. The minimum Gasteiger partial charge on any atom is -0.326 e. The molecule has 1 aliphatic heterocycles. The molecule has 0 unspecified atom stereocenters. The molecule has 4 heteroatoms. The fourth-order valence-corrected chi connectivity index (χ4v) is 3.10. The molecule has 1 aromatic rings. The third-order valence-corrected chi connectivity index (χ3v) is 4.46. The van der Waals surface area contributed by atoms with E-state index >= 15 is 0 Å². The summed E-state index contributed by atoms with van der Waals surface area (Å²) in [5.74, 6) is 0.564. The number of carbonyl (C=O) groups excluding carboxylic acids is 1. The molecule has 0 spiro atoms. The van der Waals surface area contributed by atoms with E-state index in [-0.39, 0.29) is 5.91 Å². The van der Waals surface area contributed by atoms with Crippen LogP contribution in [0.1, 0.15) is 37.7 Å². The highest BCUT2D eigenvalue weighted by Gasteiger charge is 2.32. The zero-order valence-electron chi connectivity index (χ0n) is 12.2. The molecule has 1 saturated carbocycles. The normalized spacial score (nSPS) is 20.0. The number of nitriles is 1. The van der Waals surface area contributed by atoms with Gasteiger partial charge in [0.05, 0.1) is 11.6 Å². The van der Waals surface area contributed by atoms with Crippen LogP contribution in [0.2, 0.25) is 0 Å². The van der Waals surface area contributed by atoms with Crippen LogP contribution in [-0.2, 0) is 4.79 Å². The Kier molecular flexibility index (Phi) is 4.21. The number of nitrogens with zero attached hydrogens (tertiary/aromatic N) is 2. The van der Waals surface area contributed by atoms with Gasteiger partial charge in [-0.1, -0.05) is 6.07 Å². The highest BCUT2D eigenvalue weighted by molar-refractivity contribution is 5.91. The number of hydrogen-bond acceptors (Lipinski definition) is 3. The number of amides is 1. The van der Waals surface area contributed by atoms with Crippen molar-refractivity contribution in [3.05, 3.63) is 29.8 Å². The number of likely N-dealkylation sites (tertiary alicyclic amines) is 1. The summed E-state index contributed by atoms with van der Waals surface area (Å²) in [4.78, 5) is 14.7. The lowest BCUT2D eigenvalue weighted by atomic mass is 9.93. The monoisotopic (exact) mass is 283 g/mol. The zero-order valence-corrected chi connectivity index (χ0v) is 12.2. The van der Waals surface area contributed by atoms with Crippen molar-refractivity contribution < 1.29 is 4.79 Å². The van der Waals surface area contributed by atoms with Crippen molar-refractivity contribution in [2.24, 2.45) is 5.92 Å². The zero-order chi connectivity index (χ0) is 14.7. The molecule has 0 atom stereocenters. The van der Waals surface area contributed by atoms with Crippen LogP contribution in [0, 0.1) is 17.2 Å². The Labute approximate surface area is 125 Å². The molecule has 3 rings (SSSR count). The van der Waals surface area contributed by atoms with Crippen LogP contribution in [0.5, 0.6) is 0 Å². The van der Waals surface area contributed by atoms with Crippen molar-refractivity contribution in [1.82, 2.24) is 4.90 Å². The van der Waals surface area contributed by atoms with Gasteiger partial charge in [-0.3, -0.25) is 4.79 Å². The van der Waals surface area contributed by atoms with Crippen molar-refractivity contribution in [2.75, 3.05) is 18.4 Å². The molecule has 0 bridgehead atoms. The van der Waals surface area contributed by atoms with Crippen LogP contribution < -0.4 is 5.32 Å². The first-order chi connectivity index (χ1) is 10.2. The summed E-state index contributed by atoms with van der Waals surface area (Å²) in [7, 11) is 0. The number of benzene rings is 1. The van der Waals surface area contributed by atoms with Crippen LogP contribution in [0.25, 0.3) is 0 Å². The Balaban J connectivity index is 1.46. The lowest BCUT2D eigenvalue weighted by Crippen LogP contribution is -2.36. The molecule has 2 fully saturated rings. The van der Waals surface area contributed by atoms with Gasteiger partial charge in [-0.25, -0.2) is 0 Å². The minimum absolute atomic E-state index is 0.0648. The first-order valence-corrected chi connectivity index (χ1v) is 7.78. The van der Waals surface area contributed by atoms with Gasteiger partial charge in [0.25, 0.3) is 0 Å². The molecule has 1 N–H and O–H groups in total. The Morgan fingerprint density at radius 2 is 2.05 bits per heavy atom. The van der Waals surface area contributed by atoms with Crippen molar-refractivity contribution in [3.8, 4) is 6.07 Å². The van der Waals surface area contributed by atoms with E-state index in [1.807, 2.05) is 6.07 Å². The standard InChI is InChI=1S/C17H21N3O/c18-12-14-2-1-3-15(10-14)19-17(21)11-13-6-8-20(9-7-13)16-4-5-16/h1-3,10,13,16H,4-9,11H2,(H,19,21). The van der Waals surface area contributed by atoms with Crippen LogP contribution in [0.4, 0.5) is 5.69 Å². The maximum Gasteiger partial charge on any atom is 0.224 e. The number of rotatable bonds is 4. The van der Waals surface area contributed by atoms with Gasteiger partial charge in [-0.15, -0.1) is 0 Å². The number of carbonyl (C=O) groups is 1. The third-order valence-electron chi connectivity index (χ3n) is 4.46. The molecule has 21 heavy (non-hydrogen) atoms. The number of piperidine rings is 1. The predicted molar refractivity (Wildman–Crippen MR) is 81.7 cm³/mol. The second kappa shape index (κ2) is 6.28. The Morgan fingerprint density at radius 3 is 2.71 bits per heavy atom. The molecule has 1 amide bonds. The molecule has 1 aliphatic carbocycles. The largest absolute Gasteiger partial charge is 0.326 e. The minimum atomic E-state index is 0.0648. The van der Waals surface area contributed by atoms with Crippen molar-refractivity contribution in [1.29, 1.82) is 5.26 Å². The fraction of sp³-hybridized carbons (Fsp3) is 0.529. The second-order valence-corrected chi connectivity index (χ2v) is 6.16. The molecular formula is C17H21N3O. The van der Waals surface area contributed by atoms with Gasteiger partial charge in [0, 0.05) is 18.2 Å². The third kappa shape index (κ3) is 3.83. The van der Waals surface area contributed by atoms with E-state index in [0.717, 1.165) is 37.7 Å². The first-order valence-electron chi connectivity index (χ1n) is 7.78. The topological polar surface area (TPSA) is 56.1 Å². The van der Waals surface area contributed by atoms with Crippen molar-refractivity contribution >= 4 is 11.6 Å². The predicted octanol–water partition coefficient (Wildman–Crippen LogP) is 2.76. The molecule has 1 saturated heterocycles. The summed E-state index contributed by atoms with van der Waals surface area (Å²) in [6.45, 7) is 2.29. The van der Waals surface area contributed by atoms with Gasteiger partial charge in [0.1, 0.15) is 0 Å². The van der Waals surface area contributed by atoms with Gasteiger partial charge in [0.15, 0.2) is 0 Å². The second-order valence-electron chi connectivity index (χ2n) is 6.16. The van der Waals surface area contributed by atoms with Gasteiger partial charge in [0.2, 0.25) is 5.91 Å². The quantitative estimate of drug-likeness (QED) is 0.924. The van der Waals surface area contributed by atoms with Gasteiger partial charge < -0.3 is 10.2 Å². The summed E-state index contributed by atoms with van der Waals surface area (Å²) in [5, 5.41) is 11.8. The number of hydrogen-bond donors (Lipinski definition) is 1. The highest BCUT2D eigenvalue weighted by Crippen LogP contribution is 2.31. The van der Waals surface area contributed by atoms with E-state index in [1.54, 1.807) is 18.2 Å². The Bertz CT molecular complexity index is 551. The van der Waals surface area contributed by atoms with Crippen molar-refractivity contribution in [3.63, 3.8) is 0 Å². The van der Waals surface area contributed by atoms with Crippen LogP contribution in [0.15, 0.2) is 24.3 Å². The smallest absolute Gasteiger partial charge is 0.224 e. The summed E-state index contributed by atoms with van der Waals surface area (Å²) in [6, 6.07) is 10.0. The van der Waals surface area contributed by atoms with Gasteiger partial charge in [-0.05, 0) is 62.9 Å². The van der Waals surface area contributed by atoms with Gasteiger partial charge in [-0.2, -0.15) is 5.26 Å². The average Bonchev–Trinajstić information content (AvgIpc) is 3.33. The van der Waals surface area contributed by atoms with Crippen LogP contribution >= 0.6 is 0 Å². The maximum absolute atomic E-state index is 12.1. The first kappa shape index (κ1) is 14.1. The molecule has 0 aromatic heterocycles. The fourth-order valence-electron chi connectivity index (χ4n) is 3.10. The lowest BCUT2D eigenvalue weighted by molar-refractivity contribution is -0.117. The van der Waals surface area contributed by atoms with E-state index < -0.39 is 0 Å². The molecule has 0 radical (unpaired) electrons. The lowest BCUT2D eigenvalue weighted by Gasteiger charge is -2.31. The van der Waals surface area contributed by atoms with E-state index in [1.165, 1.54) is 12.8 Å². The average molecular weight is 283 g/mol. The Hall–Kier alpha value is -1.86. The molecular weight excluding hydrogens is 262 g/mol. The van der Waals surface area contributed by atoms with E-state index in [9.17, 15) is 4.79 Å². The molecule has 2 aliphatic rings. The summed E-state index contributed by atoms with van der Waals surface area (Å²) < 4.78 is 0. The van der Waals surface area contributed by atoms with E-state index in [0.29, 0.717) is 17.9 Å². The SMILES string of the molecule is N#Cc1cccc(NC(=O)CC2CCN(C3CC3)CC2)c1. The summed E-state index contributed by atoms with van der Waals surface area (Å²) in [5.41, 5.74) is 1.29. The summed E-state index contributed by atoms with van der Waals surface area (Å²) in [6.07, 6.45) is 5.57. The number of nitrogens with one attached hydrogen (secondary N) is 1. The van der Waals surface area contributed by atoms with Crippen LogP contribution in [0.3, 0.4) is 0 Å². The summed E-state index contributed by atoms with van der Waals surface area (Å²) >= 11 is 0. The van der Waals surface area contributed by atoms with Crippen molar-refractivity contribution in [2.45, 2.75) is 38.1 Å². The molecule has 110 valence electrons.